The third-order valence-corrected chi connectivity index (χ3v) is 3.84. The number of ether oxygens (including phenoxy) is 1. The van der Waals surface area contributed by atoms with Crippen LogP contribution in [0.25, 0.3) is 0 Å². The molecule has 2 heterocycles. The number of carbonyl (C=O) groups is 2. The molecule has 0 saturated heterocycles. The minimum Gasteiger partial charge on any atom is -0.497 e. The Hall–Kier alpha value is -3.62. The predicted octanol–water partition coefficient (Wildman–Crippen LogP) is 1.86. The van der Waals surface area contributed by atoms with Gasteiger partial charge in [-0.15, -0.1) is 0 Å². The van der Waals surface area contributed by atoms with Crippen LogP contribution in [0.1, 0.15) is 22.3 Å². The Kier molecular flexibility index (Phi) is 5.50. The zero-order chi connectivity index (χ0) is 19.2. The maximum absolute atomic E-state index is 12.1. The third-order valence-electron chi connectivity index (χ3n) is 3.84. The Morgan fingerprint density at radius 3 is 2.74 bits per heavy atom. The van der Waals surface area contributed by atoms with Crippen LogP contribution in [-0.4, -0.2) is 43.7 Å². The van der Waals surface area contributed by atoms with Crippen molar-refractivity contribution >= 4 is 17.6 Å². The number of hydrogen-bond acceptors (Lipinski definition) is 5. The van der Waals surface area contributed by atoms with E-state index in [4.69, 9.17) is 9.84 Å². The summed E-state index contributed by atoms with van der Waals surface area (Å²) in [4.78, 5) is 22.9. The van der Waals surface area contributed by atoms with Crippen LogP contribution in [0.15, 0.2) is 49.1 Å². The van der Waals surface area contributed by atoms with Gasteiger partial charge in [0.05, 0.1) is 37.3 Å². The van der Waals surface area contributed by atoms with E-state index >= 15 is 0 Å². The lowest BCUT2D eigenvalue weighted by Gasteiger charge is -2.05. The highest BCUT2D eigenvalue weighted by atomic mass is 16.5. The van der Waals surface area contributed by atoms with Gasteiger partial charge in [0.2, 0.25) is 5.91 Å². The summed E-state index contributed by atoms with van der Waals surface area (Å²) in [5, 5.41) is 19.8. The molecule has 0 saturated carbocycles. The molecule has 140 valence electrons. The van der Waals surface area contributed by atoms with Crippen molar-refractivity contribution in [3.8, 4) is 5.75 Å². The first-order valence-electron chi connectivity index (χ1n) is 8.24. The number of carbonyl (C=O) groups excluding carboxylic acids is 1. The van der Waals surface area contributed by atoms with Gasteiger partial charge in [0.15, 0.2) is 0 Å². The normalized spacial score (nSPS) is 10.6. The molecule has 0 unspecified atom stereocenters. The summed E-state index contributed by atoms with van der Waals surface area (Å²) in [5.74, 6) is -0.477. The van der Waals surface area contributed by atoms with Crippen LogP contribution in [0.3, 0.4) is 0 Å². The fourth-order valence-corrected chi connectivity index (χ4v) is 2.51. The lowest BCUT2D eigenvalue weighted by atomic mass is 10.2. The van der Waals surface area contributed by atoms with Crippen LogP contribution >= 0.6 is 0 Å². The molecule has 0 aliphatic rings. The third kappa shape index (κ3) is 4.94. The van der Waals surface area contributed by atoms with Gasteiger partial charge in [-0.05, 0) is 17.7 Å². The summed E-state index contributed by atoms with van der Waals surface area (Å²) < 4.78 is 8.35. The zero-order valence-corrected chi connectivity index (χ0v) is 14.7. The standard InChI is InChI=1S/C18H19N5O4/c1-27-16-4-2-3-13(7-16)10-23-12-15(9-20-23)21-17(24)5-6-22-11-14(8-19-22)18(25)26/h2-4,7-9,11-12H,5-6,10H2,1H3,(H,21,24)(H,25,26). The highest BCUT2D eigenvalue weighted by Crippen LogP contribution is 2.14. The van der Waals surface area contributed by atoms with Gasteiger partial charge in [-0.25, -0.2) is 4.79 Å². The van der Waals surface area contributed by atoms with Crippen molar-refractivity contribution in [1.82, 2.24) is 19.6 Å². The maximum Gasteiger partial charge on any atom is 0.338 e. The number of nitrogens with one attached hydrogen (secondary N) is 1. The van der Waals surface area contributed by atoms with Crippen molar-refractivity contribution < 1.29 is 19.4 Å². The number of aromatic nitrogens is 4. The maximum atomic E-state index is 12.1. The summed E-state index contributed by atoms with van der Waals surface area (Å²) in [7, 11) is 1.62. The number of carboxylic acid groups (broad SMARTS) is 1. The molecule has 1 amide bonds. The van der Waals surface area contributed by atoms with Crippen molar-refractivity contribution in [3.05, 3.63) is 60.2 Å². The fourth-order valence-electron chi connectivity index (χ4n) is 2.51. The molecule has 0 atom stereocenters. The van der Waals surface area contributed by atoms with Gasteiger partial charge in [0.25, 0.3) is 0 Å². The van der Waals surface area contributed by atoms with Crippen molar-refractivity contribution in [3.63, 3.8) is 0 Å². The van der Waals surface area contributed by atoms with Gasteiger partial charge >= 0.3 is 5.97 Å². The number of carboxylic acids is 1. The molecule has 0 fully saturated rings. The molecule has 3 aromatic rings. The number of benzene rings is 1. The lowest BCUT2D eigenvalue weighted by molar-refractivity contribution is -0.116. The second-order valence-electron chi connectivity index (χ2n) is 5.87. The molecule has 9 heteroatoms. The molecule has 0 aliphatic heterocycles. The van der Waals surface area contributed by atoms with Gasteiger partial charge in [0, 0.05) is 25.4 Å². The monoisotopic (exact) mass is 369 g/mol. The zero-order valence-electron chi connectivity index (χ0n) is 14.7. The van der Waals surface area contributed by atoms with Crippen LogP contribution in [0, 0.1) is 0 Å². The molecular formula is C18H19N5O4. The number of hydrogen-bond donors (Lipinski definition) is 2. The summed E-state index contributed by atoms with van der Waals surface area (Å²) in [6.07, 6.45) is 6.13. The molecule has 3 rings (SSSR count). The Morgan fingerprint density at radius 2 is 2.00 bits per heavy atom. The molecule has 1 aromatic carbocycles. The Balaban J connectivity index is 1.51. The molecule has 0 aliphatic carbocycles. The molecule has 0 radical (unpaired) electrons. The number of rotatable bonds is 8. The van der Waals surface area contributed by atoms with E-state index < -0.39 is 5.97 Å². The van der Waals surface area contributed by atoms with Crippen molar-refractivity contribution in [1.29, 1.82) is 0 Å². The van der Waals surface area contributed by atoms with Crippen LogP contribution in [0.2, 0.25) is 0 Å². The van der Waals surface area contributed by atoms with E-state index in [1.54, 1.807) is 24.2 Å². The number of aromatic carboxylic acids is 1. The van der Waals surface area contributed by atoms with E-state index in [1.807, 2.05) is 24.3 Å². The number of methoxy groups -OCH3 is 1. The second-order valence-corrected chi connectivity index (χ2v) is 5.87. The summed E-state index contributed by atoms with van der Waals surface area (Å²) in [6.45, 7) is 0.843. The van der Waals surface area contributed by atoms with Crippen molar-refractivity contribution in [2.45, 2.75) is 19.5 Å². The van der Waals surface area contributed by atoms with E-state index in [9.17, 15) is 9.59 Å². The average Bonchev–Trinajstić information content (AvgIpc) is 3.30. The van der Waals surface area contributed by atoms with E-state index in [0.29, 0.717) is 12.2 Å². The highest BCUT2D eigenvalue weighted by Gasteiger charge is 2.09. The van der Waals surface area contributed by atoms with Gasteiger partial charge in [-0.3, -0.25) is 14.2 Å². The first-order chi connectivity index (χ1) is 13.0. The topological polar surface area (TPSA) is 111 Å². The largest absolute Gasteiger partial charge is 0.497 e. The number of amides is 1. The molecule has 2 N–H and O–H groups in total. The quantitative estimate of drug-likeness (QED) is 0.627. The Labute approximate surface area is 155 Å². The van der Waals surface area contributed by atoms with Crippen molar-refractivity contribution in [2.24, 2.45) is 0 Å². The predicted molar refractivity (Wildman–Crippen MR) is 96.8 cm³/mol. The number of anilines is 1. The average molecular weight is 369 g/mol. The van der Waals surface area contributed by atoms with Gasteiger partial charge in [-0.2, -0.15) is 10.2 Å². The second kappa shape index (κ2) is 8.17. The van der Waals surface area contributed by atoms with Gasteiger partial charge in [-0.1, -0.05) is 12.1 Å². The van der Waals surface area contributed by atoms with Gasteiger partial charge in [0.1, 0.15) is 5.75 Å². The summed E-state index contributed by atoms with van der Waals surface area (Å²) in [6, 6.07) is 7.68. The minimum absolute atomic E-state index is 0.0919. The van der Waals surface area contributed by atoms with E-state index in [0.717, 1.165) is 11.3 Å². The van der Waals surface area contributed by atoms with Crippen LogP contribution < -0.4 is 10.1 Å². The summed E-state index contributed by atoms with van der Waals surface area (Å²) >= 11 is 0. The molecule has 0 bridgehead atoms. The smallest absolute Gasteiger partial charge is 0.338 e. The SMILES string of the molecule is COc1cccc(Cn2cc(NC(=O)CCn3cc(C(=O)O)cn3)cn2)c1. The van der Waals surface area contributed by atoms with E-state index in [-0.39, 0.29) is 24.4 Å². The fraction of sp³-hybridized carbons (Fsp3) is 0.222. The minimum atomic E-state index is -1.05. The number of nitrogens with zero attached hydrogens (tertiary/aromatic N) is 4. The molecule has 0 spiro atoms. The van der Waals surface area contributed by atoms with Gasteiger partial charge < -0.3 is 15.2 Å². The lowest BCUT2D eigenvalue weighted by Crippen LogP contribution is -2.14. The van der Waals surface area contributed by atoms with E-state index in [2.05, 4.69) is 15.5 Å². The Bertz CT molecular complexity index is 947. The molecule has 27 heavy (non-hydrogen) atoms. The number of aryl methyl sites for hydroxylation is 1. The first-order valence-corrected chi connectivity index (χ1v) is 8.24. The van der Waals surface area contributed by atoms with Crippen LogP contribution in [0.5, 0.6) is 5.75 Å². The van der Waals surface area contributed by atoms with Crippen LogP contribution in [-0.2, 0) is 17.9 Å². The molecule has 9 nitrogen and oxygen atoms in total. The molecule has 2 aromatic heterocycles. The van der Waals surface area contributed by atoms with E-state index in [1.165, 1.54) is 17.1 Å². The Morgan fingerprint density at radius 1 is 1.19 bits per heavy atom. The first kappa shape index (κ1) is 18.2. The van der Waals surface area contributed by atoms with Crippen molar-refractivity contribution in [2.75, 3.05) is 12.4 Å². The highest BCUT2D eigenvalue weighted by molar-refractivity contribution is 5.90. The molecular weight excluding hydrogens is 350 g/mol. The summed E-state index contributed by atoms with van der Waals surface area (Å²) in [5.41, 5.74) is 1.71. The van der Waals surface area contributed by atoms with Crippen LogP contribution in [0.4, 0.5) is 5.69 Å².